The van der Waals surface area contributed by atoms with Crippen LogP contribution < -0.4 is 5.32 Å². The molecule has 0 saturated carbocycles. The Bertz CT molecular complexity index is 606. The summed E-state index contributed by atoms with van der Waals surface area (Å²) in [5.74, 6) is 0. The first-order valence-corrected chi connectivity index (χ1v) is 7.18. The summed E-state index contributed by atoms with van der Waals surface area (Å²) >= 11 is 10.7. The van der Waals surface area contributed by atoms with Gasteiger partial charge in [0, 0.05) is 21.2 Å². The molecule has 6 heteroatoms. The van der Waals surface area contributed by atoms with Gasteiger partial charge in [0.2, 0.25) is 0 Å². The zero-order valence-electron chi connectivity index (χ0n) is 9.45. The molecule has 3 nitrogen and oxygen atoms in total. The molecule has 0 saturated heterocycles. The van der Waals surface area contributed by atoms with Crippen LogP contribution in [0.2, 0.25) is 5.02 Å². The van der Waals surface area contributed by atoms with Crippen molar-refractivity contribution in [1.29, 1.82) is 5.26 Å². The Balaban J connectivity index is 2.21. The highest BCUT2D eigenvalue weighted by atomic mass is 79.9. The average molecular weight is 343 g/mol. The molecule has 1 heterocycles. The molecule has 1 aromatic carbocycles. The van der Waals surface area contributed by atoms with Gasteiger partial charge in [-0.05, 0) is 41.1 Å². The molecule has 0 radical (unpaired) electrons. The van der Waals surface area contributed by atoms with Crippen LogP contribution in [-0.2, 0) is 0 Å². The molecular formula is C12H9BrClN3S. The highest BCUT2D eigenvalue weighted by Gasteiger charge is 2.14. The van der Waals surface area contributed by atoms with Gasteiger partial charge < -0.3 is 5.32 Å². The lowest BCUT2D eigenvalue weighted by atomic mass is 10.2. The molecule has 1 N–H and O–H groups in total. The van der Waals surface area contributed by atoms with Crippen molar-refractivity contribution in [1.82, 2.24) is 4.98 Å². The van der Waals surface area contributed by atoms with Crippen molar-refractivity contribution >= 4 is 44.6 Å². The second kappa shape index (κ2) is 5.70. The van der Waals surface area contributed by atoms with E-state index in [0.717, 1.165) is 20.9 Å². The summed E-state index contributed by atoms with van der Waals surface area (Å²) in [5.41, 5.74) is 1.75. The van der Waals surface area contributed by atoms with E-state index in [1.165, 1.54) is 11.3 Å². The Morgan fingerprint density at radius 2 is 2.33 bits per heavy atom. The largest absolute Gasteiger partial charge is 0.364 e. The van der Waals surface area contributed by atoms with E-state index in [1.54, 1.807) is 6.07 Å². The van der Waals surface area contributed by atoms with Crippen molar-refractivity contribution < 1.29 is 0 Å². The van der Waals surface area contributed by atoms with Crippen LogP contribution in [0.15, 0.2) is 28.1 Å². The van der Waals surface area contributed by atoms with Gasteiger partial charge in [-0.1, -0.05) is 11.6 Å². The molecule has 0 aliphatic carbocycles. The summed E-state index contributed by atoms with van der Waals surface area (Å²) in [7, 11) is 0. The molecule has 0 amide bonds. The Hall–Kier alpha value is -1.09. The summed E-state index contributed by atoms with van der Waals surface area (Å²) < 4.78 is 0.793. The number of hydrogen-bond donors (Lipinski definition) is 1. The highest BCUT2D eigenvalue weighted by molar-refractivity contribution is 9.10. The fraction of sp³-hybridized carbons (Fsp3) is 0.167. The zero-order valence-corrected chi connectivity index (χ0v) is 12.6. The molecule has 1 aromatic heterocycles. The lowest BCUT2D eigenvalue weighted by molar-refractivity contribution is 0.963. The second-order valence-electron chi connectivity index (χ2n) is 3.66. The van der Waals surface area contributed by atoms with Gasteiger partial charge in [0.15, 0.2) is 6.04 Å². The van der Waals surface area contributed by atoms with E-state index in [9.17, 15) is 5.26 Å². The van der Waals surface area contributed by atoms with Gasteiger partial charge >= 0.3 is 0 Å². The van der Waals surface area contributed by atoms with Crippen LogP contribution in [0.1, 0.15) is 16.7 Å². The third-order valence-electron chi connectivity index (χ3n) is 2.24. The number of anilines is 1. The van der Waals surface area contributed by atoms with Gasteiger partial charge in [0.1, 0.15) is 5.01 Å². The van der Waals surface area contributed by atoms with E-state index in [4.69, 9.17) is 11.6 Å². The minimum atomic E-state index is -0.447. The van der Waals surface area contributed by atoms with Crippen LogP contribution in [0.4, 0.5) is 5.69 Å². The lowest BCUT2D eigenvalue weighted by Crippen LogP contribution is -2.08. The maximum atomic E-state index is 9.19. The fourth-order valence-corrected chi connectivity index (χ4v) is 2.69. The SMILES string of the molecule is Cc1csc(C(C#N)Nc2ccc(Cl)c(Br)c2)n1. The van der Waals surface area contributed by atoms with Crippen molar-refractivity contribution in [3.63, 3.8) is 0 Å². The Labute approximate surface area is 123 Å². The number of hydrogen-bond acceptors (Lipinski definition) is 4. The number of nitrogens with one attached hydrogen (secondary N) is 1. The van der Waals surface area contributed by atoms with E-state index >= 15 is 0 Å². The molecular weight excluding hydrogens is 334 g/mol. The molecule has 0 aliphatic rings. The smallest absolute Gasteiger partial charge is 0.166 e. The van der Waals surface area contributed by atoms with Crippen molar-refractivity contribution in [3.8, 4) is 6.07 Å². The number of nitriles is 1. The summed E-state index contributed by atoms with van der Waals surface area (Å²) in [6, 6.07) is 7.20. The quantitative estimate of drug-likeness (QED) is 0.890. The third kappa shape index (κ3) is 3.02. The third-order valence-corrected chi connectivity index (χ3v) is 4.48. The number of aryl methyl sites for hydroxylation is 1. The van der Waals surface area contributed by atoms with E-state index < -0.39 is 6.04 Å². The molecule has 1 unspecified atom stereocenters. The van der Waals surface area contributed by atoms with Crippen molar-refractivity contribution in [2.24, 2.45) is 0 Å². The van der Waals surface area contributed by atoms with Crippen molar-refractivity contribution in [2.75, 3.05) is 5.32 Å². The minimum Gasteiger partial charge on any atom is -0.364 e. The van der Waals surface area contributed by atoms with Crippen LogP contribution in [0, 0.1) is 18.3 Å². The zero-order chi connectivity index (χ0) is 13.1. The molecule has 0 fully saturated rings. The average Bonchev–Trinajstić information content (AvgIpc) is 2.77. The van der Waals surface area contributed by atoms with Crippen LogP contribution in [0.3, 0.4) is 0 Å². The Morgan fingerprint density at radius 1 is 1.56 bits per heavy atom. The summed E-state index contributed by atoms with van der Waals surface area (Å²) in [6.45, 7) is 1.91. The molecule has 1 atom stereocenters. The first kappa shape index (κ1) is 13.3. The monoisotopic (exact) mass is 341 g/mol. The van der Waals surface area contributed by atoms with Crippen molar-refractivity contribution in [2.45, 2.75) is 13.0 Å². The maximum absolute atomic E-state index is 9.19. The molecule has 0 bridgehead atoms. The highest BCUT2D eigenvalue weighted by Crippen LogP contribution is 2.28. The van der Waals surface area contributed by atoms with Crippen LogP contribution in [-0.4, -0.2) is 4.98 Å². The van der Waals surface area contributed by atoms with Gasteiger partial charge in [-0.2, -0.15) is 5.26 Å². The lowest BCUT2D eigenvalue weighted by Gasteiger charge is -2.11. The van der Waals surface area contributed by atoms with Gasteiger partial charge in [0.05, 0.1) is 11.1 Å². The first-order valence-electron chi connectivity index (χ1n) is 5.13. The summed E-state index contributed by atoms with van der Waals surface area (Å²) in [4.78, 5) is 4.31. The standard InChI is InChI=1S/C12H9BrClN3S/c1-7-6-18-12(16-7)11(5-15)17-8-2-3-10(14)9(13)4-8/h2-4,6,11,17H,1H3. The van der Waals surface area contributed by atoms with Crippen LogP contribution in [0.5, 0.6) is 0 Å². The predicted octanol–water partition coefficient (Wildman–Crippen LogP) is 4.54. The summed E-state index contributed by atoms with van der Waals surface area (Å²) in [5, 5.41) is 15.6. The van der Waals surface area contributed by atoms with Crippen LogP contribution in [0.25, 0.3) is 0 Å². The normalized spacial score (nSPS) is 11.9. The number of aromatic nitrogens is 1. The number of rotatable bonds is 3. The van der Waals surface area contributed by atoms with E-state index in [-0.39, 0.29) is 0 Å². The number of benzene rings is 1. The van der Waals surface area contributed by atoms with E-state index in [0.29, 0.717) is 5.02 Å². The molecule has 0 spiro atoms. The van der Waals surface area contributed by atoms with E-state index in [2.05, 4.69) is 32.3 Å². The minimum absolute atomic E-state index is 0.447. The van der Waals surface area contributed by atoms with Gasteiger partial charge in [-0.3, -0.25) is 0 Å². The second-order valence-corrected chi connectivity index (χ2v) is 5.81. The van der Waals surface area contributed by atoms with Gasteiger partial charge in [-0.25, -0.2) is 4.98 Å². The van der Waals surface area contributed by atoms with Crippen molar-refractivity contribution in [3.05, 3.63) is 43.8 Å². The maximum Gasteiger partial charge on any atom is 0.166 e. The summed E-state index contributed by atoms with van der Waals surface area (Å²) in [6.07, 6.45) is 0. The van der Waals surface area contributed by atoms with Gasteiger partial charge in [0.25, 0.3) is 0 Å². The van der Waals surface area contributed by atoms with E-state index in [1.807, 2.05) is 24.4 Å². The predicted molar refractivity (Wildman–Crippen MR) is 78.0 cm³/mol. The molecule has 92 valence electrons. The molecule has 18 heavy (non-hydrogen) atoms. The number of thiazole rings is 1. The molecule has 2 aromatic rings. The van der Waals surface area contributed by atoms with Crippen LogP contribution >= 0.6 is 38.9 Å². The molecule has 2 rings (SSSR count). The topological polar surface area (TPSA) is 48.7 Å². The first-order chi connectivity index (χ1) is 8.60. The number of halogens is 2. The Kier molecular flexibility index (Phi) is 4.23. The molecule has 0 aliphatic heterocycles. The fourth-order valence-electron chi connectivity index (χ4n) is 1.41. The Morgan fingerprint density at radius 3 is 2.89 bits per heavy atom. The van der Waals surface area contributed by atoms with Gasteiger partial charge in [-0.15, -0.1) is 11.3 Å². The number of nitrogens with zero attached hydrogens (tertiary/aromatic N) is 2.